The van der Waals surface area contributed by atoms with Crippen LogP contribution in [-0.4, -0.2) is 18.0 Å². The standard InChI is InChI=1S/C18H17FN2O2/c1-23-15-5-2-12(3-6-15)10-21-18(22)8-13-11-20-17-7-4-14(19)9-16(13)17/h2-7,9,11,20H,8,10H2,1H3,(H,21,22). The number of aromatic nitrogens is 1. The van der Waals surface area contributed by atoms with Gasteiger partial charge in [0.05, 0.1) is 13.5 Å². The Balaban J connectivity index is 1.63. The van der Waals surface area contributed by atoms with Gasteiger partial charge in [-0.25, -0.2) is 4.39 Å². The summed E-state index contributed by atoms with van der Waals surface area (Å²) >= 11 is 0. The molecule has 0 saturated heterocycles. The van der Waals surface area contributed by atoms with Gasteiger partial charge in [-0.1, -0.05) is 12.1 Å². The van der Waals surface area contributed by atoms with E-state index in [0.29, 0.717) is 6.54 Å². The molecule has 1 aromatic heterocycles. The van der Waals surface area contributed by atoms with Gasteiger partial charge < -0.3 is 15.0 Å². The van der Waals surface area contributed by atoms with Crippen LogP contribution in [0, 0.1) is 5.82 Å². The van der Waals surface area contributed by atoms with Crippen LogP contribution in [-0.2, 0) is 17.8 Å². The van der Waals surface area contributed by atoms with E-state index in [4.69, 9.17) is 4.74 Å². The van der Waals surface area contributed by atoms with E-state index in [1.165, 1.54) is 12.1 Å². The Labute approximate surface area is 133 Å². The summed E-state index contributed by atoms with van der Waals surface area (Å²) < 4.78 is 18.4. The van der Waals surface area contributed by atoms with Crippen LogP contribution in [0.5, 0.6) is 5.75 Å². The maximum absolute atomic E-state index is 13.3. The fourth-order valence-corrected chi connectivity index (χ4v) is 2.48. The normalized spacial score (nSPS) is 10.7. The zero-order valence-electron chi connectivity index (χ0n) is 12.7. The molecule has 2 N–H and O–H groups in total. The van der Waals surface area contributed by atoms with Gasteiger partial charge in [-0.15, -0.1) is 0 Å². The molecule has 0 aliphatic rings. The van der Waals surface area contributed by atoms with Crippen molar-refractivity contribution in [2.45, 2.75) is 13.0 Å². The van der Waals surface area contributed by atoms with Gasteiger partial charge in [0, 0.05) is 23.6 Å². The maximum atomic E-state index is 13.3. The first kappa shape index (κ1) is 15.1. The molecule has 0 aliphatic heterocycles. The zero-order valence-corrected chi connectivity index (χ0v) is 12.7. The molecule has 4 nitrogen and oxygen atoms in total. The number of methoxy groups -OCH3 is 1. The fraction of sp³-hybridized carbons (Fsp3) is 0.167. The van der Waals surface area contributed by atoms with E-state index in [-0.39, 0.29) is 18.1 Å². The molecule has 0 bridgehead atoms. The Kier molecular flexibility index (Phi) is 4.28. The van der Waals surface area contributed by atoms with Gasteiger partial charge in [0.1, 0.15) is 11.6 Å². The number of carbonyl (C=O) groups excluding carboxylic acids is 1. The highest BCUT2D eigenvalue weighted by Gasteiger charge is 2.09. The summed E-state index contributed by atoms with van der Waals surface area (Å²) in [5.74, 6) is 0.365. The number of aromatic amines is 1. The van der Waals surface area contributed by atoms with Crippen LogP contribution >= 0.6 is 0 Å². The summed E-state index contributed by atoms with van der Waals surface area (Å²) in [7, 11) is 1.61. The minimum Gasteiger partial charge on any atom is -0.497 e. The monoisotopic (exact) mass is 312 g/mol. The smallest absolute Gasteiger partial charge is 0.224 e. The Morgan fingerprint density at radius 2 is 2.00 bits per heavy atom. The molecule has 118 valence electrons. The van der Waals surface area contributed by atoms with Crippen LogP contribution in [0.1, 0.15) is 11.1 Å². The van der Waals surface area contributed by atoms with Crippen molar-refractivity contribution < 1.29 is 13.9 Å². The fourth-order valence-electron chi connectivity index (χ4n) is 2.48. The average molecular weight is 312 g/mol. The highest BCUT2D eigenvalue weighted by atomic mass is 19.1. The predicted octanol–water partition coefficient (Wildman–Crippen LogP) is 3.17. The molecule has 0 spiro atoms. The van der Waals surface area contributed by atoms with E-state index in [0.717, 1.165) is 27.8 Å². The number of benzene rings is 2. The lowest BCUT2D eigenvalue weighted by atomic mass is 10.1. The molecule has 0 aliphatic carbocycles. The number of halogens is 1. The number of rotatable bonds is 5. The molecule has 2 aromatic carbocycles. The molecule has 0 fully saturated rings. The van der Waals surface area contributed by atoms with E-state index in [1.54, 1.807) is 19.4 Å². The van der Waals surface area contributed by atoms with Gasteiger partial charge >= 0.3 is 0 Å². The Morgan fingerprint density at radius 3 is 2.74 bits per heavy atom. The van der Waals surface area contributed by atoms with Crippen LogP contribution in [0.2, 0.25) is 0 Å². The molecule has 3 rings (SSSR count). The topological polar surface area (TPSA) is 54.1 Å². The first-order valence-electron chi connectivity index (χ1n) is 7.31. The number of ether oxygens (including phenoxy) is 1. The van der Waals surface area contributed by atoms with Gasteiger partial charge in [0.25, 0.3) is 0 Å². The molecular formula is C18H17FN2O2. The van der Waals surface area contributed by atoms with Gasteiger partial charge in [-0.2, -0.15) is 0 Å². The average Bonchev–Trinajstić information content (AvgIpc) is 2.95. The highest BCUT2D eigenvalue weighted by Crippen LogP contribution is 2.20. The number of H-pyrrole nitrogens is 1. The third kappa shape index (κ3) is 3.51. The molecule has 0 saturated carbocycles. The molecule has 3 aromatic rings. The number of fused-ring (bicyclic) bond motifs is 1. The summed E-state index contributed by atoms with van der Waals surface area (Å²) in [6, 6.07) is 12.0. The SMILES string of the molecule is COc1ccc(CNC(=O)Cc2c[nH]c3ccc(F)cc23)cc1. The Bertz CT molecular complexity index is 825. The second-order valence-corrected chi connectivity index (χ2v) is 5.31. The third-order valence-electron chi connectivity index (χ3n) is 3.73. The minimum absolute atomic E-state index is 0.106. The van der Waals surface area contributed by atoms with Crippen LogP contribution < -0.4 is 10.1 Å². The largest absolute Gasteiger partial charge is 0.497 e. The third-order valence-corrected chi connectivity index (χ3v) is 3.73. The molecule has 5 heteroatoms. The van der Waals surface area contributed by atoms with Gasteiger partial charge in [0.2, 0.25) is 5.91 Å². The van der Waals surface area contributed by atoms with Crippen LogP contribution in [0.15, 0.2) is 48.7 Å². The van der Waals surface area contributed by atoms with Gasteiger partial charge in [-0.3, -0.25) is 4.79 Å². The maximum Gasteiger partial charge on any atom is 0.224 e. The van der Waals surface area contributed by atoms with Crippen molar-refractivity contribution in [3.8, 4) is 5.75 Å². The molecule has 23 heavy (non-hydrogen) atoms. The van der Waals surface area contributed by atoms with E-state index in [2.05, 4.69) is 10.3 Å². The number of nitrogens with one attached hydrogen (secondary N) is 2. The summed E-state index contributed by atoms with van der Waals surface area (Å²) in [4.78, 5) is 15.1. The van der Waals surface area contributed by atoms with Crippen molar-refractivity contribution in [3.63, 3.8) is 0 Å². The van der Waals surface area contributed by atoms with Gasteiger partial charge in [-0.05, 0) is 41.5 Å². The van der Waals surface area contributed by atoms with E-state index in [1.807, 2.05) is 24.3 Å². The van der Waals surface area contributed by atoms with Crippen molar-refractivity contribution in [1.82, 2.24) is 10.3 Å². The number of carbonyl (C=O) groups is 1. The Hall–Kier alpha value is -2.82. The second-order valence-electron chi connectivity index (χ2n) is 5.31. The Morgan fingerprint density at radius 1 is 1.22 bits per heavy atom. The lowest BCUT2D eigenvalue weighted by Gasteiger charge is -2.06. The number of amides is 1. The first-order valence-corrected chi connectivity index (χ1v) is 7.31. The van der Waals surface area contributed by atoms with Crippen molar-refractivity contribution in [3.05, 3.63) is 65.6 Å². The number of hydrogen-bond donors (Lipinski definition) is 2. The van der Waals surface area contributed by atoms with E-state index >= 15 is 0 Å². The summed E-state index contributed by atoms with van der Waals surface area (Å²) in [6.45, 7) is 0.444. The molecule has 0 atom stereocenters. The second kappa shape index (κ2) is 6.52. The first-order chi connectivity index (χ1) is 11.2. The summed E-state index contributed by atoms with van der Waals surface area (Å²) in [5.41, 5.74) is 2.60. The quantitative estimate of drug-likeness (QED) is 0.760. The van der Waals surface area contributed by atoms with Crippen LogP contribution in [0.4, 0.5) is 4.39 Å². The number of hydrogen-bond acceptors (Lipinski definition) is 2. The van der Waals surface area contributed by atoms with Crippen molar-refractivity contribution in [1.29, 1.82) is 0 Å². The lowest BCUT2D eigenvalue weighted by molar-refractivity contribution is -0.120. The van der Waals surface area contributed by atoms with Crippen LogP contribution in [0.25, 0.3) is 10.9 Å². The van der Waals surface area contributed by atoms with Crippen molar-refractivity contribution in [2.24, 2.45) is 0 Å². The van der Waals surface area contributed by atoms with E-state index in [9.17, 15) is 9.18 Å². The zero-order chi connectivity index (χ0) is 16.2. The molecule has 1 heterocycles. The lowest BCUT2D eigenvalue weighted by Crippen LogP contribution is -2.24. The van der Waals surface area contributed by atoms with Crippen LogP contribution in [0.3, 0.4) is 0 Å². The summed E-state index contributed by atoms with van der Waals surface area (Å²) in [5, 5.41) is 3.61. The summed E-state index contributed by atoms with van der Waals surface area (Å²) in [6.07, 6.45) is 1.96. The van der Waals surface area contributed by atoms with Gasteiger partial charge in [0.15, 0.2) is 0 Å². The molecule has 0 unspecified atom stereocenters. The van der Waals surface area contributed by atoms with Crippen molar-refractivity contribution >= 4 is 16.8 Å². The highest BCUT2D eigenvalue weighted by molar-refractivity contribution is 5.88. The minimum atomic E-state index is -0.308. The molecule has 1 amide bonds. The van der Waals surface area contributed by atoms with Crippen molar-refractivity contribution in [2.75, 3.05) is 7.11 Å². The molecular weight excluding hydrogens is 295 g/mol. The molecule has 0 radical (unpaired) electrons. The van der Waals surface area contributed by atoms with E-state index < -0.39 is 0 Å². The predicted molar refractivity (Wildman–Crippen MR) is 86.8 cm³/mol.